The molecule has 6 N–H and O–H groups in total. The van der Waals surface area contributed by atoms with Crippen molar-refractivity contribution < 1.29 is 33.0 Å². The number of allylic oxidation sites excluding steroid dienone is 1. The van der Waals surface area contributed by atoms with Crippen LogP contribution in [-0.4, -0.2) is 46.8 Å². The maximum atomic E-state index is 12.6. The Kier molecular flexibility index (Phi) is 6.04. The number of ether oxygens (including phenoxy) is 3. The molecule has 0 bridgehead atoms. The number of fused-ring (bicyclic) bond motifs is 1. The molecular formula is C14H19N6O7P. The molecule has 0 aliphatic carbocycles. The van der Waals surface area contributed by atoms with Gasteiger partial charge in [0.15, 0.2) is 24.8 Å². The summed E-state index contributed by atoms with van der Waals surface area (Å²) in [7, 11) is -0.993. The smallest absolute Gasteiger partial charge is 0.383 e. The van der Waals surface area contributed by atoms with Crippen LogP contribution in [0.5, 0.6) is 0 Å². The van der Waals surface area contributed by atoms with Gasteiger partial charge in [-0.3, -0.25) is 4.57 Å². The van der Waals surface area contributed by atoms with E-state index in [9.17, 15) is 14.3 Å². The van der Waals surface area contributed by atoms with Crippen molar-refractivity contribution in [1.82, 2.24) is 25.7 Å². The standard InChI is InChI=1S/C14H16N5O7P.H3N/c1-23-10-7(26-14(20)11(10)24-2)4-8(27(21,22)25-3)19-6-18-9-12(15)16-5-17-13(9)19;/h4-6,8H,1-3H3,(H,21,22)(H2,15,16,17);1H3/b7-4-;. The number of carbonyl (C=O) groups is 1. The molecule has 3 heterocycles. The molecule has 0 saturated heterocycles. The number of esters is 1. The molecule has 2 aromatic heterocycles. The number of hydrogen-bond acceptors (Lipinski definition) is 11. The fraction of sp³-hybridized carbons (Fsp3) is 0.286. The lowest BCUT2D eigenvalue weighted by molar-refractivity contribution is -0.199. The van der Waals surface area contributed by atoms with Gasteiger partial charge >= 0.3 is 5.97 Å². The van der Waals surface area contributed by atoms with Gasteiger partial charge in [0.25, 0.3) is 5.76 Å². The van der Waals surface area contributed by atoms with Crippen molar-refractivity contribution in [1.29, 1.82) is 0 Å². The predicted molar refractivity (Wildman–Crippen MR) is 94.6 cm³/mol. The largest absolute Gasteiger partial charge is 0.777 e. The maximum absolute atomic E-state index is 12.6. The van der Waals surface area contributed by atoms with Crippen molar-refractivity contribution >= 4 is 30.5 Å². The van der Waals surface area contributed by atoms with Crippen LogP contribution in [0.25, 0.3) is 11.2 Å². The van der Waals surface area contributed by atoms with Crippen LogP contribution in [0, 0.1) is 0 Å². The summed E-state index contributed by atoms with van der Waals surface area (Å²) in [6.45, 7) is 0. The van der Waals surface area contributed by atoms with E-state index in [-0.39, 0.29) is 40.4 Å². The van der Waals surface area contributed by atoms with Crippen LogP contribution in [0.2, 0.25) is 0 Å². The maximum Gasteiger partial charge on any atom is 0.383 e. The first-order valence-electron chi connectivity index (χ1n) is 7.40. The number of nitrogen functional groups attached to an aromatic ring is 1. The summed E-state index contributed by atoms with van der Waals surface area (Å²) in [4.78, 5) is 36.3. The van der Waals surface area contributed by atoms with Crippen LogP contribution in [-0.2, 0) is 28.1 Å². The zero-order chi connectivity index (χ0) is 19.8. The van der Waals surface area contributed by atoms with Gasteiger partial charge in [0.05, 0.1) is 20.5 Å². The summed E-state index contributed by atoms with van der Waals surface area (Å²) >= 11 is 0. The van der Waals surface area contributed by atoms with Crippen LogP contribution in [0.1, 0.15) is 5.78 Å². The highest BCUT2D eigenvalue weighted by atomic mass is 31.2. The van der Waals surface area contributed by atoms with Crippen molar-refractivity contribution in [2.45, 2.75) is 5.78 Å². The minimum Gasteiger partial charge on any atom is -0.777 e. The molecule has 0 aromatic carbocycles. The monoisotopic (exact) mass is 414 g/mol. The molecule has 13 nitrogen and oxygen atoms in total. The zero-order valence-electron chi connectivity index (χ0n) is 15.5. The molecule has 0 amide bonds. The van der Waals surface area contributed by atoms with Crippen LogP contribution in [0.15, 0.2) is 36.0 Å². The molecule has 2 unspecified atom stereocenters. The van der Waals surface area contributed by atoms with E-state index >= 15 is 0 Å². The van der Waals surface area contributed by atoms with E-state index in [1.165, 1.54) is 31.4 Å². The van der Waals surface area contributed by atoms with Crippen molar-refractivity contribution in [2.24, 2.45) is 0 Å². The van der Waals surface area contributed by atoms with Gasteiger partial charge in [-0.05, 0) is 6.08 Å². The minimum atomic E-state index is -4.54. The van der Waals surface area contributed by atoms with Crippen molar-refractivity contribution in [2.75, 3.05) is 27.1 Å². The van der Waals surface area contributed by atoms with Gasteiger partial charge in [0, 0.05) is 7.11 Å². The Labute approximate surface area is 158 Å². The molecule has 152 valence electrons. The molecule has 2 aromatic rings. The summed E-state index contributed by atoms with van der Waals surface area (Å²) in [6.07, 6.45) is 3.51. The van der Waals surface area contributed by atoms with Crippen molar-refractivity contribution in [3.8, 4) is 0 Å². The first kappa shape index (κ1) is 21.3. The molecule has 2 atom stereocenters. The van der Waals surface area contributed by atoms with Crippen LogP contribution < -0.4 is 16.8 Å². The number of quaternary nitrogens is 1. The molecule has 0 fully saturated rings. The van der Waals surface area contributed by atoms with Crippen LogP contribution >= 0.6 is 7.60 Å². The zero-order valence-corrected chi connectivity index (χ0v) is 16.4. The van der Waals surface area contributed by atoms with E-state index in [0.717, 1.165) is 13.2 Å². The number of nitrogens with zero attached hydrogens (tertiary/aromatic N) is 4. The van der Waals surface area contributed by atoms with Crippen molar-refractivity contribution in [3.05, 3.63) is 36.0 Å². The fourth-order valence-electron chi connectivity index (χ4n) is 2.51. The molecule has 1 aliphatic heterocycles. The second-order valence-corrected chi connectivity index (χ2v) is 7.18. The highest BCUT2D eigenvalue weighted by Gasteiger charge is 2.35. The van der Waals surface area contributed by atoms with Gasteiger partial charge in [0.2, 0.25) is 5.76 Å². The second kappa shape index (κ2) is 7.94. The summed E-state index contributed by atoms with van der Waals surface area (Å²) in [6, 6.07) is 0. The van der Waals surface area contributed by atoms with Gasteiger partial charge in [-0.1, -0.05) is 0 Å². The number of rotatable bonds is 6. The molecule has 0 spiro atoms. The molecular weight excluding hydrogens is 395 g/mol. The Bertz CT molecular complexity index is 1020. The van der Waals surface area contributed by atoms with Crippen LogP contribution in [0.3, 0.4) is 0 Å². The third kappa shape index (κ3) is 3.43. The average Bonchev–Trinajstić information content (AvgIpc) is 3.20. The van der Waals surface area contributed by atoms with Crippen molar-refractivity contribution in [3.63, 3.8) is 0 Å². The second-order valence-electron chi connectivity index (χ2n) is 5.21. The lowest BCUT2D eigenvalue weighted by atomic mass is 10.3. The number of cyclic esters (lactones) is 1. The Balaban J connectivity index is 0.00000280. The quantitative estimate of drug-likeness (QED) is 0.490. The third-order valence-corrected chi connectivity index (χ3v) is 5.33. The van der Waals surface area contributed by atoms with Gasteiger partial charge in [-0.15, -0.1) is 0 Å². The van der Waals surface area contributed by atoms with E-state index in [1.54, 1.807) is 0 Å². The van der Waals surface area contributed by atoms with Gasteiger partial charge < -0.3 is 40.1 Å². The predicted octanol–water partition coefficient (Wildman–Crippen LogP) is 0.428. The number of imidazole rings is 1. The first-order chi connectivity index (χ1) is 12.8. The number of hydrogen-bond donors (Lipinski definition) is 2. The molecule has 0 radical (unpaired) electrons. The van der Waals surface area contributed by atoms with E-state index in [4.69, 9.17) is 19.9 Å². The minimum absolute atomic E-state index is 0. The van der Waals surface area contributed by atoms with E-state index in [1.807, 2.05) is 0 Å². The Morgan fingerprint density at radius 2 is 1.93 bits per heavy atom. The van der Waals surface area contributed by atoms with Gasteiger partial charge in [-0.2, -0.15) is 0 Å². The van der Waals surface area contributed by atoms with E-state index in [0.29, 0.717) is 0 Å². The average molecular weight is 414 g/mol. The van der Waals surface area contributed by atoms with E-state index in [2.05, 4.69) is 19.5 Å². The summed E-state index contributed by atoms with van der Waals surface area (Å²) < 4.78 is 33.5. The van der Waals surface area contributed by atoms with Gasteiger partial charge in [0.1, 0.15) is 17.6 Å². The number of anilines is 1. The topological polar surface area (TPSA) is 200 Å². The number of nitrogens with two attached hydrogens (primary N) is 1. The number of carbonyl (C=O) groups excluding carboxylic acids is 1. The van der Waals surface area contributed by atoms with E-state index < -0.39 is 19.3 Å². The summed E-state index contributed by atoms with van der Waals surface area (Å²) in [5.41, 5.74) is 6.10. The number of aromatic nitrogens is 4. The number of methoxy groups -OCH3 is 2. The highest BCUT2D eigenvalue weighted by Crippen LogP contribution is 2.52. The summed E-state index contributed by atoms with van der Waals surface area (Å²) in [5.74, 6) is -2.61. The molecule has 1 aliphatic rings. The molecule has 3 rings (SSSR count). The van der Waals surface area contributed by atoms with Crippen LogP contribution in [0.4, 0.5) is 5.82 Å². The van der Waals surface area contributed by atoms with Gasteiger partial charge in [-0.25, -0.2) is 19.7 Å². The Morgan fingerprint density at radius 3 is 2.54 bits per heavy atom. The summed E-state index contributed by atoms with van der Waals surface area (Å²) in [5, 5.41) is 0. The SMILES string of the molecule is COC1=C(OC)/C(=C/C(n2cnc3c(N)ncnc32)P(=O)([O-])OC)OC1=O.[NH4+]. The third-order valence-electron chi connectivity index (χ3n) is 3.78. The first-order valence-corrected chi connectivity index (χ1v) is 9.01. The lowest BCUT2D eigenvalue weighted by Gasteiger charge is -2.29. The Morgan fingerprint density at radius 1 is 1.25 bits per heavy atom. The normalized spacial score (nSPS) is 18.6. The molecule has 28 heavy (non-hydrogen) atoms. The molecule has 0 saturated carbocycles. The Hall–Kier alpha value is -2.99. The fourth-order valence-corrected chi connectivity index (χ4v) is 3.51. The molecule has 14 heteroatoms. The lowest BCUT2D eigenvalue weighted by Crippen LogP contribution is -2.17. The highest BCUT2D eigenvalue weighted by molar-refractivity contribution is 7.51.